The van der Waals surface area contributed by atoms with Gasteiger partial charge in [0.15, 0.2) is 0 Å². The van der Waals surface area contributed by atoms with Gasteiger partial charge in [0.2, 0.25) is 0 Å². The fraction of sp³-hybridized carbons (Fsp3) is 0.368. The van der Waals surface area contributed by atoms with Crippen LogP contribution in [0.15, 0.2) is 29.5 Å². The fourth-order valence-electron chi connectivity index (χ4n) is 3.30. The molecule has 1 fully saturated rings. The lowest BCUT2D eigenvalue weighted by atomic mass is 10.0. The summed E-state index contributed by atoms with van der Waals surface area (Å²) in [4.78, 5) is 48.8. The first-order valence-electron chi connectivity index (χ1n) is 8.59. The van der Waals surface area contributed by atoms with Crippen LogP contribution in [0.4, 0.5) is 0 Å². The lowest BCUT2D eigenvalue weighted by molar-refractivity contribution is -0.301. The number of aryl methyl sites for hydroxylation is 2. The molecule has 2 aliphatic rings. The zero-order chi connectivity index (χ0) is 20.6. The first-order valence-corrected chi connectivity index (χ1v) is 9.64. The molecule has 1 aromatic carbocycles. The van der Waals surface area contributed by atoms with Crippen molar-refractivity contribution in [1.82, 2.24) is 10.2 Å². The summed E-state index contributed by atoms with van der Waals surface area (Å²) in [5, 5.41) is 13.7. The van der Waals surface area contributed by atoms with Crippen molar-refractivity contribution in [3.8, 4) is 0 Å². The molecule has 3 rings (SSSR count). The van der Waals surface area contributed by atoms with Crippen molar-refractivity contribution in [1.29, 1.82) is 0 Å². The maximum Gasteiger partial charge on any atom is 0.302 e. The maximum atomic E-state index is 12.6. The molecule has 9 heteroatoms. The molecule has 1 saturated heterocycles. The zero-order valence-corrected chi connectivity index (χ0v) is 16.4. The van der Waals surface area contributed by atoms with Crippen LogP contribution < -0.4 is 10.4 Å². The van der Waals surface area contributed by atoms with Gasteiger partial charge in [-0.05, 0) is 26.0 Å². The third kappa shape index (κ3) is 3.75. The van der Waals surface area contributed by atoms with E-state index in [4.69, 9.17) is 4.74 Å². The molecule has 2 aliphatic heterocycles. The minimum Gasteiger partial charge on any atom is -0.543 e. The van der Waals surface area contributed by atoms with E-state index >= 15 is 0 Å². The number of carbonyl (C=O) groups is 4. The van der Waals surface area contributed by atoms with Crippen molar-refractivity contribution < 1.29 is 29.0 Å². The van der Waals surface area contributed by atoms with E-state index in [1.807, 2.05) is 19.9 Å². The standard InChI is InChI=1S/C19H20N2O6S/c1-9-4-10(2)6-12(5-9)16(23)20-14-17(24)21-15(19(25)26)13(7-27-11(3)22)8-28-18(14)21/h4-6,14,18H,7-8H2,1-3H3,(H,20,23)(H,25,26)/p-1/t14-,18+/m1/s1. The molecule has 0 radical (unpaired) electrons. The molecule has 0 saturated carbocycles. The highest BCUT2D eigenvalue weighted by atomic mass is 32.2. The van der Waals surface area contributed by atoms with Gasteiger partial charge in [0.1, 0.15) is 18.0 Å². The Morgan fingerprint density at radius 2 is 1.89 bits per heavy atom. The van der Waals surface area contributed by atoms with Crippen LogP contribution in [0.3, 0.4) is 0 Å². The molecule has 148 valence electrons. The SMILES string of the molecule is CC(=O)OCC1=C(C(=O)[O-])N2C(=O)[C@@H](NC(=O)c3cc(C)cc(C)c3)[C@@H]2SC1. The first kappa shape index (κ1) is 19.9. The van der Waals surface area contributed by atoms with Gasteiger partial charge >= 0.3 is 5.97 Å². The summed E-state index contributed by atoms with van der Waals surface area (Å²) in [6.07, 6.45) is 0. The second kappa shape index (κ2) is 7.67. The number of aliphatic carboxylic acids is 1. The van der Waals surface area contributed by atoms with Gasteiger partial charge in [-0.15, -0.1) is 11.8 Å². The predicted molar refractivity (Wildman–Crippen MR) is 98.9 cm³/mol. The summed E-state index contributed by atoms with van der Waals surface area (Å²) >= 11 is 1.30. The summed E-state index contributed by atoms with van der Waals surface area (Å²) in [7, 11) is 0. The minimum atomic E-state index is -1.51. The topological polar surface area (TPSA) is 116 Å². The molecule has 1 aromatic rings. The Kier molecular flexibility index (Phi) is 5.46. The number of nitrogens with zero attached hydrogens (tertiary/aromatic N) is 1. The molecule has 28 heavy (non-hydrogen) atoms. The normalized spacial score (nSPS) is 21.0. The van der Waals surface area contributed by atoms with Crippen molar-refractivity contribution in [2.24, 2.45) is 0 Å². The van der Waals surface area contributed by atoms with Crippen molar-refractivity contribution in [3.63, 3.8) is 0 Å². The molecule has 1 N–H and O–H groups in total. The van der Waals surface area contributed by atoms with Crippen molar-refractivity contribution in [3.05, 3.63) is 46.2 Å². The van der Waals surface area contributed by atoms with Gasteiger partial charge in [-0.1, -0.05) is 17.2 Å². The second-order valence-electron chi connectivity index (χ2n) is 6.76. The molecule has 2 atom stereocenters. The Bertz CT molecular complexity index is 889. The van der Waals surface area contributed by atoms with E-state index in [2.05, 4.69) is 5.32 Å². The summed E-state index contributed by atoms with van der Waals surface area (Å²) in [5.74, 6) is -2.74. The van der Waals surface area contributed by atoms with E-state index < -0.39 is 35.2 Å². The largest absolute Gasteiger partial charge is 0.543 e. The first-order chi connectivity index (χ1) is 13.2. The minimum absolute atomic E-state index is 0.220. The van der Waals surface area contributed by atoms with Crippen LogP contribution in [0.1, 0.15) is 28.4 Å². The van der Waals surface area contributed by atoms with Crippen molar-refractivity contribution in [2.75, 3.05) is 12.4 Å². The maximum absolute atomic E-state index is 12.6. The average molecular weight is 403 g/mol. The molecule has 0 spiro atoms. The number of fused-ring (bicyclic) bond motifs is 1. The van der Waals surface area contributed by atoms with Crippen LogP contribution in [0.25, 0.3) is 0 Å². The number of carboxylic acids is 1. The van der Waals surface area contributed by atoms with Gasteiger partial charge in [0, 0.05) is 23.8 Å². The number of hydrogen-bond donors (Lipinski definition) is 1. The summed E-state index contributed by atoms with van der Waals surface area (Å²) in [6, 6.07) is 4.55. The van der Waals surface area contributed by atoms with Gasteiger partial charge in [0.05, 0.1) is 11.7 Å². The van der Waals surface area contributed by atoms with Gasteiger partial charge in [-0.3, -0.25) is 19.3 Å². The molecule has 2 amide bonds. The molecular formula is C19H19N2O6S-. The van der Waals surface area contributed by atoms with Crippen LogP contribution in [-0.4, -0.2) is 52.4 Å². The number of nitrogens with one attached hydrogen (secondary N) is 1. The van der Waals surface area contributed by atoms with Gasteiger partial charge in [0.25, 0.3) is 11.8 Å². The van der Waals surface area contributed by atoms with E-state index in [9.17, 15) is 24.3 Å². The number of β-lactam (4-membered cyclic amide) rings is 1. The Balaban J connectivity index is 1.77. The second-order valence-corrected chi connectivity index (χ2v) is 7.86. The van der Waals surface area contributed by atoms with Crippen molar-refractivity contribution in [2.45, 2.75) is 32.2 Å². The number of thioether (sulfide) groups is 1. The molecule has 0 aromatic heterocycles. The molecule has 0 aliphatic carbocycles. The van der Waals surface area contributed by atoms with Gasteiger partial charge < -0.3 is 20.0 Å². The van der Waals surface area contributed by atoms with Crippen LogP contribution in [0.5, 0.6) is 0 Å². The monoisotopic (exact) mass is 403 g/mol. The van der Waals surface area contributed by atoms with Gasteiger partial charge in [-0.2, -0.15) is 0 Å². The lowest BCUT2D eigenvalue weighted by Gasteiger charge is -2.50. The van der Waals surface area contributed by atoms with Crippen LogP contribution in [0, 0.1) is 13.8 Å². The van der Waals surface area contributed by atoms with E-state index in [1.165, 1.54) is 18.7 Å². The number of esters is 1. The van der Waals surface area contributed by atoms with E-state index in [0.29, 0.717) is 11.1 Å². The van der Waals surface area contributed by atoms with E-state index in [-0.39, 0.29) is 18.1 Å². The molecule has 0 bridgehead atoms. The summed E-state index contributed by atoms with van der Waals surface area (Å²) in [5.41, 5.74) is 2.30. The molecule has 0 unspecified atom stereocenters. The van der Waals surface area contributed by atoms with E-state index in [0.717, 1.165) is 16.0 Å². The summed E-state index contributed by atoms with van der Waals surface area (Å²) in [6.45, 7) is 4.74. The third-order valence-electron chi connectivity index (χ3n) is 4.46. The van der Waals surface area contributed by atoms with E-state index in [1.54, 1.807) is 12.1 Å². The number of hydrogen-bond acceptors (Lipinski definition) is 7. The highest BCUT2D eigenvalue weighted by Gasteiger charge is 2.52. The predicted octanol–water partition coefficient (Wildman–Crippen LogP) is -0.116. The third-order valence-corrected chi connectivity index (χ3v) is 5.80. The number of rotatable bonds is 5. The van der Waals surface area contributed by atoms with Crippen molar-refractivity contribution >= 4 is 35.5 Å². The highest BCUT2D eigenvalue weighted by molar-refractivity contribution is 8.00. The zero-order valence-electron chi connectivity index (χ0n) is 15.6. The number of amides is 2. The molecular weight excluding hydrogens is 384 g/mol. The summed E-state index contributed by atoms with van der Waals surface area (Å²) < 4.78 is 4.87. The number of carbonyl (C=O) groups excluding carboxylic acids is 4. The molecule has 2 heterocycles. The Morgan fingerprint density at radius 3 is 2.46 bits per heavy atom. The smallest absolute Gasteiger partial charge is 0.302 e. The average Bonchev–Trinajstić information content (AvgIpc) is 2.62. The highest BCUT2D eigenvalue weighted by Crippen LogP contribution is 2.40. The Labute approximate surface area is 165 Å². The molecule has 8 nitrogen and oxygen atoms in total. The van der Waals surface area contributed by atoms with Gasteiger partial charge in [-0.25, -0.2) is 0 Å². The Hall–Kier alpha value is -2.81. The quantitative estimate of drug-likeness (QED) is 0.538. The fourth-order valence-corrected chi connectivity index (χ4v) is 4.63. The van der Waals surface area contributed by atoms with Crippen LogP contribution >= 0.6 is 11.8 Å². The number of ether oxygens (including phenoxy) is 1. The lowest BCUT2D eigenvalue weighted by Crippen LogP contribution is -2.71. The van der Waals surface area contributed by atoms with Crippen LogP contribution in [-0.2, 0) is 19.1 Å². The Morgan fingerprint density at radius 1 is 1.25 bits per heavy atom. The number of carboxylic acid groups (broad SMARTS) is 1. The number of benzene rings is 1. The van der Waals surface area contributed by atoms with Crippen LogP contribution in [0.2, 0.25) is 0 Å².